The van der Waals surface area contributed by atoms with Crippen molar-refractivity contribution in [3.63, 3.8) is 0 Å². The normalized spacial score (nSPS) is 11.9. The molecule has 0 aliphatic rings. The molecule has 0 radical (unpaired) electrons. The monoisotopic (exact) mass is 601 g/mol. The minimum atomic E-state index is -4.21. The number of aromatic amines is 1. The maximum atomic E-state index is 14.2. The number of imidazole rings is 1. The summed E-state index contributed by atoms with van der Waals surface area (Å²) in [6.07, 6.45) is 3.10. The van der Waals surface area contributed by atoms with E-state index >= 15 is 0 Å². The minimum absolute atomic E-state index is 0.0503. The molecule has 44 heavy (non-hydrogen) atoms. The Bertz CT molecular complexity index is 2350. The van der Waals surface area contributed by atoms with Crippen LogP contribution >= 0.6 is 0 Å². The van der Waals surface area contributed by atoms with Crippen LogP contribution in [0.5, 0.6) is 0 Å². The molecule has 0 atom stereocenters. The fourth-order valence-electron chi connectivity index (χ4n) is 5.36. The molecule has 0 unspecified atom stereocenters. The highest BCUT2D eigenvalue weighted by Gasteiger charge is 2.29. The summed E-state index contributed by atoms with van der Waals surface area (Å²) in [7, 11) is -4.21. The number of pyridine rings is 1. The average Bonchev–Trinajstić information content (AvgIpc) is 3.70. The number of H-pyrrole nitrogens is 1. The summed E-state index contributed by atoms with van der Waals surface area (Å²) in [5.74, 6) is 0.282. The second-order valence-electron chi connectivity index (χ2n) is 10.8. The Morgan fingerprint density at radius 1 is 0.864 bits per heavy atom. The molecule has 7 rings (SSSR count). The Morgan fingerprint density at radius 2 is 1.64 bits per heavy atom. The Hall–Kier alpha value is -5.55. The Balaban J connectivity index is 1.40. The molecule has 0 saturated carbocycles. The van der Waals surface area contributed by atoms with Gasteiger partial charge in [0.05, 0.1) is 38.9 Å². The van der Waals surface area contributed by atoms with E-state index in [2.05, 4.69) is 20.1 Å². The van der Waals surface area contributed by atoms with Crippen LogP contribution in [0.1, 0.15) is 33.1 Å². The number of nitrogen functional groups attached to an aromatic ring is 1. The van der Waals surface area contributed by atoms with Crippen LogP contribution in [0.4, 0.5) is 5.82 Å². The number of carbonyl (C=O) groups excluding carboxylic acids is 1. The van der Waals surface area contributed by atoms with Gasteiger partial charge in [0.1, 0.15) is 17.3 Å². The third kappa shape index (κ3) is 4.45. The fraction of sp³-hybridized carbons (Fsp3) is 0.0909. The first kappa shape index (κ1) is 27.3. The van der Waals surface area contributed by atoms with Crippen LogP contribution in [0.25, 0.3) is 38.8 Å². The van der Waals surface area contributed by atoms with Gasteiger partial charge in [0.15, 0.2) is 0 Å². The van der Waals surface area contributed by atoms with Gasteiger partial charge in [-0.3, -0.25) is 9.78 Å². The number of hydrogen-bond donors (Lipinski definition) is 2. The highest BCUT2D eigenvalue weighted by atomic mass is 32.2. The smallest absolute Gasteiger partial charge is 0.268 e. The number of ketones is 1. The summed E-state index contributed by atoms with van der Waals surface area (Å²) in [5.41, 5.74) is 12.5. The van der Waals surface area contributed by atoms with Crippen molar-refractivity contribution >= 4 is 43.6 Å². The Morgan fingerprint density at radius 3 is 2.39 bits per heavy atom. The first-order valence-electron chi connectivity index (χ1n) is 13.9. The molecule has 0 bridgehead atoms. The lowest BCUT2D eigenvalue weighted by Crippen LogP contribution is -2.19. The van der Waals surface area contributed by atoms with E-state index in [1.807, 2.05) is 51.1 Å². The van der Waals surface area contributed by atoms with Gasteiger partial charge in [-0.05, 0) is 74.9 Å². The quantitative estimate of drug-likeness (QED) is 0.232. The van der Waals surface area contributed by atoms with Crippen LogP contribution in [0.2, 0.25) is 0 Å². The van der Waals surface area contributed by atoms with Gasteiger partial charge in [0.2, 0.25) is 5.78 Å². The van der Waals surface area contributed by atoms with E-state index < -0.39 is 15.8 Å². The molecule has 11 heteroatoms. The molecule has 0 aliphatic carbocycles. The molecule has 0 fully saturated rings. The zero-order valence-electron chi connectivity index (χ0n) is 24.1. The van der Waals surface area contributed by atoms with Crippen molar-refractivity contribution in [3.05, 3.63) is 120 Å². The number of nitrogens with one attached hydrogen (secondary N) is 1. The molecular weight excluding hydrogens is 574 g/mol. The van der Waals surface area contributed by atoms with Gasteiger partial charge in [-0.25, -0.2) is 22.1 Å². The van der Waals surface area contributed by atoms with Crippen LogP contribution < -0.4 is 5.73 Å². The van der Waals surface area contributed by atoms with Crippen molar-refractivity contribution in [2.75, 3.05) is 5.73 Å². The summed E-state index contributed by atoms with van der Waals surface area (Å²) in [6.45, 7) is 5.64. The van der Waals surface area contributed by atoms with E-state index in [0.717, 1.165) is 43.2 Å². The second-order valence-corrected chi connectivity index (χ2v) is 12.6. The van der Waals surface area contributed by atoms with Crippen molar-refractivity contribution in [1.82, 2.24) is 28.7 Å². The molecule has 4 heterocycles. The predicted octanol–water partition coefficient (Wildman–Crippen LogP) is 5.74. The summed E-state index contributed by atoms with van der Waals surface area (Å²) in [5, 5.41) is 4.97. The van der Waals surface area contributed by atoms with E-state index in [1.165, 1.54) is 23.0 Å². The highest BCUT2D eigenvalue weighted by molar-refractivity contribution is 7.90. The van der Waals surface area contributed by atoms with Crippen LogP contribution in [0.3, 0.4) is 0 Å². The van der Waals surface area contributed by atoms with Crippen molar-refractivity contribution in [3.8, 4) is 16.8 Å². The fourth-order valence-corrected chi connectivity index (χ4v) is 6.86. The van der Waals surface area contributed by atoms with E-state index in [1.54, 1.807) is 42.6 Å². The first-order valence-corrected chi connectivity index (χ1v) is 15.3. The predicted molar refractivity (Wildman–Crippen MR) is 169 cm³/mol. The number of aromatic nitrogens is 6. The summed E-state index contributed by atoms with van der Waals surface area (Å²) >= 11 is 0. The Kier molecular flexibility index (Phi) is 6.22. The number of rotatable bonds is 6. The van der Waals surface area contributed by atoms with Gasteiger partial charge in [-0.2, -0.15) is 5.10 Å². The molecule has 0 saturated heterocycles. The van der Waals surface area contributed by atoms with Gasteiger partial charge in [0, 0.05) is 22.8 Å². The SMILES string of the molecule is Cc1ccc(S(=O)(=O)n2c(C(=O)c3cnn(-c4ccc5nc(C)[nH]c5c4)c3N)cc3ccc(-c4ccc(C)nc4)cc32)cc1. The molecule has 3 aromatic carbocycles. The van der Waals surface area contributed by atoms with Crippen LogP contribution in [-0.2, 0) is 10.0 Å². The number of hydrogen-bond acceptors (Lipinski definition) is 7. The summed E-state index contributed by atoms with van der Waals surface area (Å²) in [6, 6.07) is 22.9. The van der Waals surface area contributed by atoms with Gasteiger partial charge in [-0.1, -0.05) is 35.9 Å². The minimum Gasteiger partial charge on any atom is -0.383 e. The molecule has 218 valence electrons. The molecule has 0 aliphatic heterocycles. The van der Waals surface area contributed by atoms with Crippen molar-refractivity contribution in [2.24, 2.45) is 0 Å². The number of anilines is 1. The molecule has 0 spiro atoms. The molecule has 7 aromatic rings. The standard InChI is InChI=1S/C33H27N7O3S/c1-19-4-11-26(12-5-19)44(42,43)40-30-14-22(24-7-6-20(2)35-17-24)8-9-23(30)15-31(40)32(41)27-18-36-39(33(27)34)25-10-13-28-29(16-25)38-21(3)37-28/h4-18H,34H2,1-3H3,(H,37,38). The van der Waals surface area contributed by atoms with Gasteiger partial charge >= 0.3 is 0 Å². The maximum absolute atomic E-state index is 14.2. The first-order chi connectivity index (χ1) is 21.1. The average molecular weight is 602 g/mol. The maximum Gasteiger partial charge on any atom is 0.268 e. The van der Waals surface area contributed by atoms with Crippen molar-refractivity contribution < 1.29 is 13.2 Å². The van der Waals surface area contributed by atoms with Gasteiger partial charge < -0.3 is 10.7 Å². The van der Waals surface area contributed by atoms with E-state index in [4.69, 9.17) is 5.73 Å². The second kappa shape index (κ2) is 10.0. The van der Waals surface area contributed by atoms with Crippen LogP contribution in [0, 0.1) is 20.8 Å². The lowest BCUT2D eigenvalue weighted by Gasteiger charge is -2.13. The number of fused-ring (bicyclic) bond motifs is 2. The lowest BCUT2D eigenvalue weighted by atomic mass is 10.1. The highest BCUT2D eigenvalue weighted by Crippen LogP contribution is 2.32. The third-order valence-corrected chi connectivity index (χ3v) is 9.42. The van der Waals surface area contributed by atoms with Gasteiger partial charge in [0.25, 0.3) is 10.0 Å². The summed E-state index contributed by atoms with van der Waals surface area (Å²) < 4.78 is 31.0. The molecular formula is C33H27N7O3S. The molecule has 10 nitrogen and oxygen atoms in total. The molecule has 0 amide bonds. The summed E-state index contributed by atoms with van der Waals surface area (Å²) in [4.78, 5) is 26.2. The third-order valence-electron chi connectivity index (χ3n) is 7.68. The Labute approximate surface area is 252 Å². The number of nitrogens with zero attached hydrogens (tertiary/aromatic N) is 5. The van der Waals surface area contributed by atoms with Crippen molar-refractivity contribution in [1.29, 1.82) is 0 Å². The molecule has 4 aromatic heterocycles. The van der Waals surface area contributed by atoms with E-state index in [0.29, 0.717) is 16.6 Å². The van der Waals surface area contributed by atoms with Crippen molar-refractivity contribution in [2.45, 2.75) is 25.7 Å². The van der Waals surface area contributed by atoms with E-state index in [9.17, 15) is 13.2 Å². The number of nitrogens with two attached hydrogens (primary N) is 1. The topological polar surface area (TPSA) is 142 Å². The number of benzene rings is 3. The largest absolute Gasteiger partial charge is 0.383 e. The molecule has 3 N–H and O–H groups in total. The lowest BCUT2D eigenvalue weighted by molar-refractivity contribution is 0.103. The van der Waals surface area contributed by atoms with Crippen LogP contribution in [-0.4, -0.2) is 42.9 Å². The van der Waals surface area contributed by atoms with Crippen LogP contribution in [0.15, 0.2) is 96.2 Å². The van der Waals surface area contributed by atoms with Gasteiger partial charge in [-0.15, -0.1) is 0 Å². The van der Waals surface area contributed by atoms with E-state index in [-0.39, 0.29) is 22.0 Å². The number of aryl methyl sites for hydroxylation is 3. The zero-order valence-corrected chi connectivity index (χ0v) is 24.9. The number of carbonyl (C=O) groups is 1. The zero-order chi connectivity index (χ0) is 30.7.